The summed E-state index contributed by atoms with van der Waals surface area (Å²) in [6.07, 6.45) is 0. The zero-order chi connectivity index (χ0) is 15.4. The molecule has 1 amide bonds. The van der Waals surface area contributed by atoms with Gasteiger partial charge in [0.1, 0.15) is 6.04 Å². The van der Waals surface area contributed by atoms with E-state index in [1.807, 2.05) is 30.3 Å². The maximum Gasteiger partial charge on any atom is 0.247 e. The predicted molar refractivity (Wildman–Crippen MR) is 91.2 cm³/mol. The molecule has 118 valence electrons. The molecular weight excluding hydrogens is 296 g/mol. The highest BCUT2D eigenvalue weighted by Crippen LogP contribution is 2.23. The molecule has 2 aliphatic rings. The Balaban J connectivity index is 1.78. The summed E-state index contributed by atoms with van der Waals surface area (Å²) >= 11 is 1.62. The van der Waals surface area contributed by atoms with Gasteiger partial charge in [0.05, 0.1) is 6.54 Å². The number of rotatable bonds is 3. The Hall–Kier alpha value is -1.37. The summed E-state index contributed by atoms with van der Waals surface area (Å²) in [5, 5.41) is 3.77. The van der Waals surface area contributed by atoms with Crippen LogP contribution in [0.4, 0.5) is 0 Å². The Morgan fingerprint density at radius 2 is 1.95 bits per heavy atom. The molecule has 0 bridgehead atoms. The summed E-state index contributed by atoms with van der Waals surface area (Å²) < 4.78 is 0. The highest BCUT2D eigenvalue weighted by atomic mass is 32.2. The van der Waals surface area contributed by atoms with Crippen LogP contribution in [0.3, 0.4) is 0 Å². The number of amidine groups is 1. The first kappa shape index (κ1) is 15.5. The number of thioether (sulfide) groups is 1. The molecule has 0 spiro atoms. The fourth-order valence-corrected chi connectivity index (χ4v) is 3.56. The number of hydrogen-bond donors (Lipinski definition) is 1. The minimum absolute atomic E-state index is 0.0314. The molecular formula is C16H22N4OS. The highest BCUT2D eigenvalue weighted by molar-refractivity contribution is 8.14. The summed E-state index contributed by atoms with van der Waals surface area (Å²) in [6, 6.07) is 9.80. The Bertz CT molecular complexity index is 540. The summed E-state index contributed by atoms with van der Waals surface area (Å²) in [5.41, 5.74) is 1.05. The molecule has 2 aliphatic heterocycles. The SMILES string of the molecule is CN1CCN([C@@H](C(=O)NC2=NCCS2)c2ccccc2)CC1. The van der Waals surface area contributed by atoms with Gasteiger partial charge in [0.15, 0.2) is 5.17 Å². The van der Waals surface area contributed by atoms with Crippen molar-refractivity contribution < 1.29 is 4.79 Å². The Morgan fingerprint density at radius 1 is 1.23 bits per heavy atom. The van der Waals surface area contributed by atoms with Gasteiger partial charge in [-0.15, -0.1) is 0 Å². The van der Waals surface area contributed by atoms with Crippen LogP contribution in [0.5, 0.6) is 0 Å². The molecule has 1 atom stereocenters. The standard InChI is InChI=1S/C16H22N4OS/c1-19-8-10-20(11-9-19)14(13-5-3-2-4-6-13)15(21)18-16-17-7-12-22-16/h2-6,14H,7-12H2,1H3,(H,17,18,21)/t14-/m1/s1. The van der Waals surface area contributed by atoms with Gasteiger partial charge < -0.3 is 10.2 Å². The van der Waals surface area contributed by atoms with E-state index >= 15 is 0 Å². The molecule has 1 aromatic carbocycles. The average molecular weight is 318 g/mol. The van der Waals surface area contributed by atoms with Crippen LogP contribution >= 0.6 is 11.8 Å². The quantitative estimate of drug-likeness (QED) is 0.910. The third-order valence-electron chi connectivity index (χ3n) is 4.08. The largest absolute Gasteiger partial charge is 0.304 e. The lowest BCUT2D eigenvalue weighted by molar-refractivity contribution is -0.125. The number of carbonyl (C=O) groups excluding carboxylic acids is 1. The van der Waals surface area contributed by atoms with Crippen molar-refractivity contribution in [3.63, 3.8) is 0 Å². The van der Waals surface area contributed by atoms with Crippen molar-refractivity contribution in [2.24, 2.45) is 4.99 Å². The molecule has 6 heteroatoms. The van der Waals surface area contributed by atoms with Crippen molar-refractivity contribution in [2.75, 3.05) is 45.5 Å². The van der Waals surface area contributed by atoms with Gasteiger partial charge in [-0.3, -0.25) is 14.7 Å². The molecule has 1 saturated heterocycles. The van der Waals surface area contributed by atoms with E-state index in [1.54, 1.807) is 11.8 Å². The monoisotopic (exact) mass is 318 g/mol. The molecule has 3 rings (SSSR count). The number of piperazine rings is 1. The lowest BCUT2D eigenvalue weighted by atomic mass is 10.0. The Labute approximate surface area is 135 Å². The fraction of sp³-hybridized carbons (Fsp3) is 0.500. The van der Waals surface area contributed by atoms with Crippen LogP contribution in [-0.4, -0.2) is 66.4 Å². The molecule has 0 aliphatic carbocycles. The first-order valence-electron chi connectivity index (χ1n) is 7.70. The van der Waals surface area contributed by atoms with E-state index in [9.17, 15) is 4.79 Å². The van der Waals surface area contributed by atoms with Gasteiger partial charge >= 0.3 is 0 Å². The van der Waals surface area contributed by atoms with Crippen LogP contribution in [0.25, 0.3) is 0 Å². The van der Waals surface area contributed by atoms with Crippen LogP contribution in [0.15, 0.2) is 35.3 Å². The number of carbonyl (C=O) groups is 1. The predicted octanol–water partition coefficient (Wildman–Crippen LogP) is 1.19. The van der Waals surface area contributed by atoms with E-state index in [1.165, 1.54) is 0 Å². The van der Waals surface area contributed by atoms with Crippen LogP contribution in [-0.2, 0) is 4.79 Å². The van der Waals surface area contributed by atoms with E-state index in [-0.39, 0.29) is 11.9 Å². The number of benzene rings is 1. The minimum atomic E-state index is -0.237. The number of likely N-dealkylation sites (N-methyl/N-ethyl adjacent to an activating group) is 1. The zero-order valence-electron chi connectivity index (χ0n) is 12.9. The van der Waals surface area contributed by atoms with E-state index in [0.29, 0.717) is 0 Å². The Kier molecular flexibility index (Phi) is 5.12. The summed E-state index contributed by atoms with van der Waals surface area (Å²) in [7, 11) is 2.12. The third kappa shape index (κ3) is 3.69. The number of nitrogens with zero attached hydrogens (tertiary/aromatic N) is 3. The average Bonchev–Trinajstić information content (AvgIpc) is 3.03. The maximum absolute atomic E-state index is 12.8. The number of nitrogens with one attached hydrogen (secondary N) is 1. The minimum Gasteiger partial charge on any atom is -0.304 e. The molecule has 5 nitrogen and oxygen atoms in total. The van der Waals surface area contributed by atoms with E-state index in [0.717, 1.165) is 49.2 Å². The fourth-order valence-electron chi connectivity index (χ4n) is 2.83. The summed E-state index contributed by atoms with van der Waals surface area (Å²) in [5.74, 6) is 0.990. The lowest BCUT2D eigenvalue weighted by Gasteiger charge is -2.37. The maximum atomic E-state index is 12.8. The molecule has 0 saturated carbocycles. The Morgan fingerprint density at radius 3 is 2.59 bits per heavy atom. The van der Waals surface area contributed by atoms with Crippen molar-refractivity contribution in [2.45, 2.75) is 6.04 Å². The molecule has 1 fully saturated rings. The van der Waals surface area contributed by atoms with Crippen LogP contribution in [0, 0.1) is 0 Å². The topological polar surface area (TPSA) is 47.9 Å². The van der Waals surface area contributed by atoms with Crippen molar-refractivity contribution in [1.29, 1.82) is 0 Å². The van der Waals surface area contributed by atoms with Gasteiger partial charge in [0, 0.05) is 31.9 Å². The third-order valence-corrected chi connectivity index (χ3v) is 4.97. The van der Waals surface area contributed by atoms with Gasteiger partial charge in [-0.25, -0.2) is 0 Å². The lowest BCUT2D eigenvalue weighted by Crippen LogP contribution is -2.50. The second-order valence-corrected chi connectivity index (χ2v) is 6.76. The first-order valence-corrected chi connectivity index (χ1v) is 8.68. The number of aliphatic imine (C=N–C) groups is 1. The molecule has 1 aromatic rings. The number of hydrogen-bond acceptors (Lipinski definition) is 5. The van der Waals surface area contributed by atoms with Gasteiger partial charge in [0.2, 0.25) is 5.91 Å². The zero-order valence-corrected chi connectivity index (χ0v) is 13.7. The highest BCUT2D eigenvalue weighted by Gasteiger charge is 2.30. The van der Waals surface area contributed by atoms with Crippen LogP contribution < -0.4 is 5.32 Å². The van der Waals surface area contributed by atoms with E-state index in [4.69, 9.17) is 0 Å². The van der Waals surface area contributed by atoms with Gasteiger partial charge in [-0.2, -0.15) is 0 Å². The van der Waals surface area contributed by atoms with E-state index in [2.05, 4.69) is 27.2 Å². The smallest absolute Gasteiger partial charge is 0.247 e. The molecule has 0 aromatic heterocycles. The van der Waals surface area contributed by atoms with Gasteiger partial charge in [-0.05, 0) is 12.6 Å². The first-order chi connectivity index (χ1) is 10.7. The van der Waals surface area contributed by atoms with Crippen LogP contribution in [0.2, 0.25) is 0 Å². The number of amides is 1. The summed E-state index contributed by atoms with van der Waals surface area (Å²) in [4.78, 5) is 21.7. The van der Waals surface area contributed by atoms with Gasteiger partial charge in [-0.1, -0.05) is 42.1 Å². The molecule has 0 unspecified atom stereocenters. The molecule has 1 N–H and O–H groups in total. The van der Waals surface area contributed by atoms with Crippen molar-refractivity contribution in [3.8, 4) is 0 Å². The van der Waals surface area contributed by atoms with E-state index < -0.39 is 0 Å². The van der Waals surface area contributed by atoms with Crippen molar-refractivity contribution >= 4 is 22.8 Å². The summed E-state index contributed by atoms with van der Waals surface area (Å²) in [6.45, 7) is 4.59. The van der Waals surface area contributed by atoms with Crippen molar-refractivity contribution in [1.82, 2.24) is 15.1 Å². The van der Waals surface area contributed by atoms with Gasteiger partial charge in [0.25, 0.3) is 0 Å². The second kappa shape index (κ2) is 7.26. The van der Waals surface area contributed by atoms with Crippen molar-refractivity contribution in [3.05, 3.63) is 35.9 Å². The van der Waals surface area contributed by atoms with Crippen LogP contribution in [0.1, 0.15) is 11.6 Å². The molecule has 2 heterocycles. The normalized spacial score (nSPS) is 21.4. The molecule has 22 heavy (non-hydrogen) atoms. The molecule has 0 radical (unpaired) electrons. The second-order valence-electron chi connectivity index (χ2n) is 5.68.